The van der Waals surface area contributed by atoms with E-state index in [0.29, 0.717) is 30.8 Å². The van der Waals surface area contributed by atoms with Crippen LogP contribution >= 0.6 is 0 Å². The number of pyridine rings is 1. The van der Waals surface area contributed by atoms with Crippen LogP contribution < -0.4 is 10.1 Å². The van der Waals surface area contributed by atoms with Crippen LogP contribution in [0.15, 0.2) is 36.8 Å². The average Bonchev–Trinajstić information content (AvgIpc) is 3.34. The summed E-state index contributed by atoms with van der Waals surface area (Å²) in [6, 6.07) is 5.89. The van der Waals surface area contributed by atoms with Gasteiger partial charge in [0.15, 0.2) is 5.82 Å². The molecule has 2 unspecified atom stereocenters. The molecule has 0 aromatic carbocycles. The molecule has 1 aliphatic rings. The molecule has 3 heterocycles. The van der Waals surface area contributed by atoms with Crippen molar-refractivity contribution in [1.29, 1.82) is 0 Å². The Bertz CT molecular complexity index is 929. The maximum atomic E-state index is 14.7. The quantitative estimate of drug-likeness (QED) is 0.691. The van der Waals surface area contributed by atoms with Gasteiger partial charge in [0.05, 0.1) is 12.8 Å². The Morgan fingerprint density at radius 2 is 2.22 bits per heavy atom. The van der Waals surface area contributed by atoms with Gasteiger partial charge in [0.1, 0.15) is 5.82 Å². The van der Waals surface area contributed by atoms with E-state index in [1.54, 1.807) is 24.0 Å². The molecular formula is C19H21FN6O. The minimum Gasteiger partial charge on any atom is -0.475 e. The number of hydrogen-bond acceptors (Lipinski definition) is 6. The first-order chi connectivity index (χ1) is 13.1. The summed E-state index contributed by atoms with van der Waals surface area (Å²) < 4.78 is 22.1. The molecule has 7 nitrogen and oxygen atoms in total. The van der Waals surface area contributed by atoms with Crippen LogP contribution in [0, 0.1) is 18.7 Å². The van der Waals surface area contributed by atoms with E-state index in [2.05, 4.69) is 25.4 Å². The summed E-state index contributed by atoms with van der Waals surface area (Å²) >= 11 is 0. The smallest absolute Gasteiger partial charge is 0.256 e. The number of aromatic nitrogens is 5. The van der Waals surface area contributed by atoms with E-state index in [1.807, 2.05) is 31.4 Å². The molecule has 2 atom stereocenters. The largest absolute Gasteiger partial charge is 0.475 e. The van der Waals surface area contributed by atoms with Crippen molar-refractivity contribution in [1.82, 2.24) is 24.7 Å². The molecule has 0 bridgehead atoms. The van der Waals surface area contributed by atoms with Crippen LogP contribution in [0.4, 0.5) is 10.2 Å². The summed E-state index contributed by atoms with van der Waals surface area (Å²) in [6.07, 6.45) is 6.37. The number of ether oxygens (including phenoxy) is 1. The van der Waals surface area contributed by atoms with Crippen molar-refractivity contribution in [3.05, 3.63) is 59.7 Å². The molecule has 1 N–H and O–H groups in total. The Kier molecular flexibility index (Phi) is 4.70. The van der Waals surface area contributed by atoms with E-state index in [1.165, 1.54) is 0 Å². The molecule has 1 saturated carbocycles. The number of aryl methyl sites for hydroxylation is 2. The highest BCUT2D eigenvalue weighted by Crippen LogP contribution is 2.46. The highest BCUT2D eigenvalue weighted by atomic mass is 19.1. The number of nitrogens with zero attached hydrogens (tertiary/aromatic N) is 5. The van der Waals surface area contributed by atoms with Crippen molar-refractivity contribution < 1.29 is 9.13 Å². The van der Waals surface area contributed by atoms with E-state index < -0.39 is 5.82 Å². The van der Waals surface area contributed by atoms with Crippen molar-refractivity contribution in [3.63, 3.8) is 0 Å². The fraction of sp³-hybridized carbons (Fsp3) is 0.368. The SMILES string of the molecule is Cc1nc(NCc2cnn(C)c2)c(F)c(OCC2CC2c2ccccn2)n1. The molecule has 0 saturated heterocycles. The first-order valence-corrected chi connectivity index (χ1v) is 8.89. The van der Waals surface area contributed by atoms with E-state index >= 15 is 0 Å². The van der Waals surface area contributed by atoms with Crippen LogP contribution in [0.2, 0.25) is 0 Å². The van der Waals surface area contributed by atoms with Crippen molar-refractivity contribution in [2.45, 2.75) is 25.8 Å². The molecule has 3 aromatic heterocycles. The summed E-state index contributed by atoms with van der Waals surface area (Å²) in [5.41, 5.74) is 2.00. The third kappa shape index (κ3) is 4.05. The fourth-order valence-electron chi connectivity index (χ4n) is 3.07. The lowest BCUT2D eigenvalue weighted by Gasteiger charge is -2.11. The molecule has 1 fully saturated rings. The van der Waals surface area contributed by atoms with Gasteiger partial charge in [-0.05, 0) is 25.5 Å². The summed E-state index contributed by atoms with van der Waals surface area (Å²) in [6.45, 7) is 2.55. The predicted molar refractivity (Wildman–Crippen MR) is 97.8 cm³/mol. The molecule has 1 aliphatic carbocycles. The fourth-order valence-corrected chi connectivity index (χ4v) is 3.07. The summed E-state index contributed by atoms with van der Waals surface area (Å²) in [4.78, 5) is 12.6. The van der Waals surface area contributed by atoms with Crippen molar-refractivity contribution in [2.24, 2.45) is 13.0 Å². The minimum atomic E-state index is -0.570. The van der Waals surface area contributed by atoms with Gasteiger partial charge in [0.25, 0.3) is 5.88 Å². The number of anilines is 1. The van der Waals surface area contributed by atoms with Gasteiger partial charge in [-0.2, -0.15) is 14.5 Å². The van der Waals surface area contributed by atoms with Gasteiger partial charge in [-0.3, -0.25) is 9.67 Å². The number of rotatable bonds is 7. The molecule has 0 amide bonds. The van der Waals surface area contributed by atoms with E-state index in [4.69, 9.17) is 4.74 Å². The molecule has 0 spiro atoms. The maximum Gasteiger partial charge on any atom is 0.256 e. The summed E-state index contributed by atoms with van der Waals surface area (Å²) in [5.74, 6) is 0.722. The Morgan fingerprint density at radius 1 is 1.33 bits per heavy atom. The maximum absolute atomic E-state index is 14.7. The van der Waals surface area contributed by atoms with Gasteiger partial charge in [-0.25, -0.2) is 4.98 Å². The van der Waals surface area contributed by atoms with Crippen LogP contribution in [0.1, 0.15) is 29.4 Å². The normalized spacial score (nSPS) is 18.3. The van der Waals surface area contributed by atoms with E-state index in [9.17, 15) is 4.39 Å². The lowest BCUT2D eigenvalue weighted by Crippen LogP contribution is -2.10. The molecule has 140 valence electrons. The van der Waals surface area contributed by atoms with Crippen molar-refractivity contribution >= 4 is 5.82 Å². The van der Waals surface area contributed by atoms with E-state index in [-0.39, 0.29) is 11.7 Å². The topological polar surface area (TPSA) is 77.8 Å². The highest BCUT2D eigenvalue weighted by molar-refractivity contribution is 5.41. The first-order valence-electron chi connectivity index (χ1n) is 8.89. The molecule has 0 aliphatic heterocycles. The summed E-state index contributed by atoms with van der Waals surface area (Å²) in [7, 11) is 1.83. The van der Waals surface area contributed by atoms with Gasteiger partial charge < -0.3 is 10.1 Å². The Labute approximate surface area is 156 Å². The van der Waals surface area contributed by atoms with Gasteiger partial charge in [0.2, 0.25) is 5.82 Å². The number of nitrogens with one attached hydrogen (secondary N) is 1. The van der Waals surface area contributed by atoms with E-state index in [0.717, 1.165) is 17.7 Å². The first kappa shape index (κ1) is 17.4. The van der Waals surface area contributed by atoms with Crippen molar-refractivity contribution in [2.75, 3.05) is 11.9 Å². The second-order valence-electron chi connectivity index (χ2n) is 6.78. The van der Waals surface area contributed by atoms with Crippen LogP contribution in [-0.2, 0) is 13.6 Å². The number of hydrogen-bond donors (Lipinski definition) is 1. The van der Waals surface area contributed by atoms with Gasteiger partial charge >= 0.3 is 0 Å². The molecule has 3 aromatic rings. The number of halogens is 1. The third-order valence-corrected chi connectivity index (χ3v) is 4.58. The summed E-state index contributed by atoms with van der Waals surface area (Å²) in [5, 5.41) is 7.09. The standard InChI is InChI=1S/C19H21FN6O/c1-12-24-18(22-8-13-9-23-26(2)10-13)17(20)19(25-12)27-11-14-7-15(14)16-5-3-4-6-21-16/h3-6,9-10,14-15H,7-8,11H2,1-2H3,(H,22,24,25). The van der Waals surface area contributed by atoms with Gasteiger partial charge in [-0.1, -0.05) is 6.07 Å². The monoisotopic (exact) mass is 368 g/mol. The van der Waals surface area contributed by atoms with Gasteiger partial charge in [-0.15, -0.1) is 0 Å². The Balaban J connectivity index is 1.39. The Hall–Kier alpha value is -3.03. The molecule has 8 heteroatoms. The predicted octanol–water partition coefficient (Wildman–Crippen LogP) is 2.85. The van der Waals surface area contributed by atoms with Crippen LogP contribution in [0.5, 0.6) is 5.88 Å². The lowest BCUT2D eigenvalue weighted by molar-refractivity contribution is 0.269. The van der Waals surface area contributed by atoms with Crippen LogP contribution in [-0.4, -0.2) is 31.3 Å². The van der Waals surface area contributed by atoms with Gasteiger partial charge in [0, 0.05) is 49.1 Å². The van der Waals surface area contributed by atoms with Crippen LogP contribution in [0.3, 0.4) is 0 Å². The molecule has 4 rings (SSSR count). The second kappa shape index (κ2) is 7.30. The van der Waals surface area contributed by atoms with Crippen molar-refractivity contribution in [3.8, 4) is 5.88 Å². The Morgan fingerprint density at radius 3 is 2.96 bits per heavy atom. The third-order valence-electron chi connectivity index (χ3n) is 4.58. The zero-order valence-corrected chi connectivity index (χ0v) is 15.3. The zero-order chi connectivity index (χ0) is 18.8. The highest BCUT2D eigenvalue weighted by Gasteiger charge is 2.40. The lowest BCUT2D eigenvalue weighted by atomic mass is 10.2. The average molecular weight is 368 g/mol. The molecule has 27 heavy (non-hydrogen) atoms. The molecule has 0 radical (unpaired) electrons. The zero-order valence-electron chi connectivity index (χ0n) is 15.3. The minimum absolute atomic E-state index is 0.0112. The second-order valence-corrected chi connectivity index (χ2v) is 6.78. The molecular weight excluding hydrogens is 347 g/mol. The van der Waals surface area contributed by atoms with Crippen LogP contribution in [0.25, 0.3) is 0 Å².